The molecular formula is C34H49NO8. The molecule has 1 N–H and O–H groups in total. The Hall–Kier alpha value is -2.07. The maximum Gasteiger partial charge on any atom is 0.509 e. The summed E-state index contributed by atoms with van der Waals surface area (Å²) in [6.45, 7) is 6.09. The maximum absolute atomic E-state index is 14.4. The molecule has 0 aromatic heterocycles. The summed E-state index contributed by atoms with van der Waals surface area (Å²) < 4.78 is 24.4. The van der Waals surface area contributed by atoms with Crippen LogP contribution in [0.15, 0.2) is 23.8 Å². The molecule has 10 atom stereocenters. The summed E-state index contributed by atoms with van der Waals surface area (Å²) in [4.78, 5) is 41.1. The van der Waals surface area contributed by atoms with Crippen molar-refractivity contribution in [3.63, 3.8) is 0 Å². The number of carbonyl (C=O) groups is 3. The molecule has 5 fully saturated rings. The minimum Gasteiger partial charge on any atom is -0.430 e. The van der Waals surface area contributed by atoms with Gasteiger partial charge in [-0.1, -0.05) is 44.8 Å². The van der Waals surface area contributed by atoms with E-state index in [0.717, 1.165) is 44.1 Å². The van der Waals surface area contributed by atoms with Crippen molar-refractivity contribution in [2.45, 2.75) is 109 Å². The number of aliphatic hydroxyl groups excluding tert-OH is 1. The van der Waals surface area contributed by atoms with Crippen molar-refractivity contribution in [2.24, 2.45) is 34.5 Å². The molecule has 6 rings (SSSR count). The van der Waals surface area contributed by atoms with Gasteiger partial charge in [-0.25, -0.2) is 4.79 Å². The average molecular weight is 600 g/mol. The fraction of sp³-hybridized carbons (Fsp3) is 0.794. The Kier molecular flexibility index (Phi) is 8.19. The minimum absolute atomic E-state index is 0.00574. The number of allylic oxidation sites excluding steroid dienone is 4. The Bertz CT molecular complexity index is 1190. The van der Waals surface area contributed by atoms with E-state index >= 15 is 0 Å². The molecule has 9 nitrogen and oxygen atoms in total. The molecule has 5 aliphatic carbocycles. The predicted molar refractivity (Wildman–Crippen MR) is 158 cm³/mol. The van der Waals surface area contributed by atoms with Crippen molar-refractivity contribution in [1.29, 1.82) is 0 Å². The van der Waals surface area contributed by atoms with Crippen molar-refractivity contribution in [3.8, 4) is 0 Å². The Labute approximate surface area is 255 Å². The molecule has 238 valence electrons. The Morgan fingerprint density at radius 3 is 2.63 bits per heavy atom. The van der Waals surface area contributed by atoms with Crippen LogP contribution < -0.4 is 0 Å². The zero-order valence-corrected chi connectivity index (χ0v) is 26.4. The summed E-state index contributed by atoms with van der Waals surface area (Å²) in [6, 6.07) is 0. The SMILES string of the molecule is CC(CN(C)C)OC(=O)OCC(=O)[C@@]12O[C@H](C3CCCCC3)O[C@@H]1C[C@H]1[C@@H]3CCC4=CC(=O)C=C[C@]4(C)[C@H]3[C@@H](O)C[C@@]12C. The lowest BCUT2D eigenvalue weighted by Gasteiger charge is -2.59. The zero-order chi connectivity index (χ0) is 30.7. The molecule has 1 unspecified atom stereocenters. The van der Waals surface area contributed by atoms with Gasteiger partial charge in [0.25, 0.3) is 0 Å². The molecule has 0 aromatic rings. The molecule has 0 spiro atoms. The lowest BCUT2D eigenvalue weighted by atomic mass is 9.46. The van der Waals surface area contributed by atoms with Gasteiger partial charge in [0.05, 0.1) is 12.2 Å². The highest BCUT2D eigenvalue weighted by Gasteiger charge is 2.76. The van der Waals surface area contributed by atoms with Crippen LogP contribution in [-0.4, -0.2) is 85.2 Å². The molecule has 1 aliphatic heterocycles. The predicted octanol–water partition coefficient (Wildman–Crippen LogP) is 4.61. The average Bonchev–Trinajstić information content (AvgIpc) is 3.45. The number of hydrogen-bond acceptors (Lipinski definition) is 9. The molecule has 1 saturated heterocycles. The molecule has 6 aliphatic rings. The number of Topliss-reactive ketones (excluding diaryl/α,β-unsaturated/α-hetero) is 1. The fourth-order valence-corrected chi connectivity index (χ4v) is 10.2. The van der Waals surface area contributed by atoms with Gasteiger partial charge in [0.2, 0.25) is 5.78 Å². The van der Waals surface area contributed by atoms with Crippen LogP contribution in [0.25, 0.3) is 0 Å². The molecule has 0 aromatic carbocycles. The molecule has 0 radical (unpaired) electrons. The fourth-order valence-electron chi connectivity index (χ4n) is 10.2. The van der Waals surface area contributed by atoms with Gasteiger partial charge < -0.3 is 29.0 Å². The Morgan fingerprint density at radius 2 is 1.91 bits per heavy atom. The van der Waals surface area contributed by atoms with E-state index in [1.165, 1.54) is 6.42 Å². The van der Waals surface area contributed by atoms with E-state index in [1.54, 1.807) is 19.1 Å². The van der Waals surface area contributed by atoms with Crippen LogP contribution in [0.4, 0.5) is 4.79 Å². The first-order valence-electron chi connectivity index (χ1n) is 16.4. The van der Waals surface area contributed by atoms with Gasteiger partial charge in [0.15, 0.2) is 24.3 Å². The first-order chi connectivity index (χ1) is 20.4. The second-order valence-corrected chi connectivity index (χ2v) is 14.8. The van der Waals surface area contributed by atoms with Crippen molar-refractivity contribution in [3.05, 3.63) is 23.8 Å². The van der Waals surface area contributed by atoms with E-state index in [2.05, 4.69) is 13.8 Å². The van der Waals surface area contributed by atoms with E-state index in [9.17, 15) is 19.5 Å². The molecule has 9 heteroatoms. The first kappa shape index (κ1) is 30.9. The highest BCUT2D eigenvalue weighted by Crippen LogP contribution is 2.70. The summed E-state index contributed by atoms with van der Waals surface area (Å²) in [5.41, 5.74) is -1.35. The second kappa shape index (κ2) is 11.4. The molecule has 4 saturated carbocycles. The van der Waals surface area contributed by atoms with E-state index in [-0.39, 0.29) is 41.3 Å². The molecule has 0 bridgehead atoms. The topological polar surface area (TPSA) is 112 Å². The quantitative estimate of drug-likeness (QED) is 0.420. The van der Waals surface area contributed by atoms with Crippen molar-refractivity contribution >= 4 is 17.7 Å². The number of ether oxygens (including phenoxy) is 4. The monoisotopic (exact) mass is 599 g/mol. The lowest BCUT2D eigenvalue weighted by Crippen LogP contribution is -2.63. The molecule has 43 heavy (non-hydrogen) atoms. The molecule has 0 amide bonds. The van der Waals surface area contributed by atoms with E-state index in [0.29, 0.717) is 19.4 Å². The normalized spacial score (nSPS) is 42.9. The van der Waals surface area contributed by atoms with Crippen molar-refractivity contribution in [2.75, 3.05) is 27.2 Å². The van der Waals surface area contributed by atoms with Gasteiger partial charge in [-0.05, 0) is 83.5 Å². The highest BCUT2D eigenvalue weighted by molar-refractivity contribution is 6.01. The number of carbonyl (C=O) groups excluding carboxylic acids is 3. The number of nitrogens with zero attached hydrogens (tertiary/aromatic N) is 1. The van der Waals surface area contributed by atoms with Gasteiger partial charge in [0.1, 0.15) is 6.10 Å². The summed E-state index contributed by atoms with van der Waals surface area (Å²) in [7, 11) is 3.78. The number of ketones is 2. The van der Waals surface area contributed by atoms with Crippen LogP contribution in [-0.2, 0) is 28.5 Å². The van der Waals surface area contributed by atoms with Crippen LogP contribution in [0.3, 0.4) is 0 Å². The highest BCUT2D eigenvalue weighted by atomic mass is 16.8. The molecular weight excluding hydrogens is 550 g/mol. The maximum atomic E-state index is 14.4. The minimum atomic E-state index is -1.32. The number of hydrogen-bond donors (Lipinski definition) is 1. The Balaban J connectivity index is 1.28. The van der Waals surface area contributed by atoms with E-state index < -0.39 is 47.7 Å². The van der Waals surface area contributed by atoms with Crippen LogP contribution in [0, 0.1) is 34.5 Å². The zero-order valence-electron chi connectivity index (χ0n) is 26.4. The lowest BCUT2D eigenvalue weighted by molar-refractivity contribution is -0.209. The smallest absolute Gasteiger partial charge is 0.430 e. The van der Waals surface area contributed by atoms with Crippen LogP contribution >= 0.6 is 0 Å². The number of likely N-dealkylation sites (N-methyl/N-ethyl adjacent to an activating group) is 1. The summed E-state index contributed by atoms with van der Waals surface area (Å²) >= 11 is 0. The van der Waals surface area contributed by atoms with Gasteiger partial charge in [-0.3, -0.25) is 9.59 Å². The van der Waals surface area contributed by atoms with Gasteiger partial charge in [-0.15, -0.1) is 0 Å². The number of rotatable bonds is 7. The van der Waals surface area contributed by atoms with Crippen LogP contribution in [0.1, 0.15) is 78.6 Å². The summed E-state index contributed by atoms with van der Waals surface area (Å²) in [5.74, 6) is 0.0390. The molecule has 1 heterocycles. The van der Waals surface area contributed by atoms with Crippen LogP contribution in [0.5, 0.6) is 0 Å². The standard InChI is InChI=1S/C34H49NO8/c1-20(18-35(4)5)41-31(39)40-19-27(38)34-28(42-30(43-34)21-9-7-6-8-10-21)16-25-24-12-11-22-15-23(36)13-14-32(22,2)29(24)26(37)17-33(25,34)3/h13-15,20-21,24-26,28-30,37H,6-12,16-19H2,1-5H3/t20?,24-,25-,26-,28+,29+,30+,32-,33-,34+/m0/s1. The largest absolute Gasteiger partial charge is 0.509 e. The Morgan fingerprint density at radius 1 is 1.16 bits per heavy atom. The summed E-state index contributed by atoms with van der Waals surface area (Å²) in [6.07, 6.45) is 10.5. The van der Waals surface area contributed by atoms with Gasteiger partial charge in [0, 0.05) is 29.2 Å². The van der Waals surface area contributed by atoms with E-state index in [1.807, 2.05) is 25.1 Å². The third kappa shape index (κ3) is 5.02. The van der Waals surface area contributed by atoms with Crippen LogP contribution in [0.2, 0.25) is 0 Å². The van der Waals surface area contributed by atoms with Crippen molar-refractivity contribution < 1.29 is 38.4 Å². The second-order valence-electron chi connectivity index (χ2n) is 14.8. The van der Waals surface area contributed by atoms with E-state index in [4.69, 9.17) is 18.9 Å². The third-order valence-corrected chi connectivity index (χ3v) is 11.9. The van der Waals surface area contributed by atoms with Gasteiger partial charge >= 0.3 is 6.16 Å². The summed E-state index contributed by atoms with van der Waals surface area (Å²) in [5, 5.41) is 11.9. The first-order valence-corrected chi connectivity index (χ1v) is 16.4. The van der Waals surface area contributed by atoms with Crippen molar-refractivity contribution in [1.82, 2.24) is 4.90 Å². The number of aliphatic hydroxyl groups is 1. The number of fused-ring (bicyclic) bond motifs is 7. The third-order valence-electron chi connectivity index (χ3n) is 11.9. The van der Waals surface area contributed by atoms with Gasteiger partial charge in [-0.2, -0.15) is 0 Å².